The fraction of sp³-hybridized carbons (Fsp3) is 0.316. The Morgan fingerprint density at radius 2 is 1.78 bits per heavy atom. The minimum absolute atomic E-state index is 0.179. The number of carbonyl (C=O) groups is 1. The first-order chi connectivity index (χ1) is 11.1. The molecule has 3 rings (SSSR count). The summed E-state index contributed by atoms with van der Waals surface area (Å²) in [7, 11) is 1.65. The number of hydrogen-bond acceptors (Lipinski definition) is 3. The second-order valence-corrected chi connectivity index (χ2v) is 5.88. The molecule has 0 spiro atoms. The third-order valence-corrected chi connectivity index (χ3v) is 4.44. The van der Waals surface area contributed by atoms with Gasteiger partial charge in [0.25, 0.3) is 0 Å². The van der Waals surface area contributed by atoms with Gasteiger partial charge in [-0.15, -0.1) is 0 Å². The zero-order chi connectivity index (χ0) is 16.4. The summed E-state index contributed by atoms with van der Waals surface area (Å²) in [6.45, 7) is 3.29. The minimum Gasteiger partial charge on any atom is -0.497 e. The number of benzene rings is 2. The first-order valence-corrected chi connectivity index (χ1v) is 7.91. The molecule has 4 nitrogen and oxygen atoms in total. The molecule has 2 aromatic carbocycles. The van der Waals surface area contributed by atoms with E-state index in [2.05, 4.69) is 18.2 Å². The van der Waals surface area contributed by atoms with Crippen LogP contribution in [0.3, 0.4) is 0 Å². The lowest BCUT2D eigenvalue weighted by atomic mass is 9.96. The predicted octanol–water partition coefficient (Wildman–Crippen LogP) is 3.00. The van der Waals surface area contributed by atoms with Gasteiger partial charge in [0, 0.05) is 19.5 Å². The highest BCUT2D eigenvalue weighted by atomic mass is 16.5. The molecule has 0 radical (unpaired) electrons. The molecule has 4 heteroatoms. The van der Waals surface area contributed by atoms with Crippen LogP contribution in [0, 0.1) is 0 Å². The Bertz CT molecular complexity index is 710. The maximum Gasteiger partial charge on any atom is 0.222 e. The van der Waals surface area contributed by atoms with Gasteiger partial charge in [0.2, 0.25) is 5.91 Å². The molecule has 1 unspecified atom stereocenters. The normalized spacial score (nSPS) is 14.5. The number of methoxy groups -OCH3 is 1. The molecule has 2 aromatic rings. The number of amides is 1. The standard InChI is InChI=1S/C19H22N2O2/c1-3-18(22)21-11-15-5-4-14(10-16(15)12-21)19(20)13-6-8-17(23-2)9-7-13/h4-10,19H,3,11-12,20H2,1-2H3. The van der Waals surface area contributed by atoms with Crippen LogP contribution in [0.15, 0.2) is 42.5 Å². The Morgan fingerprint density at radius 3 is 2.43 bits per heavy atom. The van der Waals surface area contributed by atoms with Crippen LogP contribution in [0.25, 0.3) is 0 Å². The van der Waals surface area contributed by atoms with E-state index < -0.39 is 0 Å². The van der Waals surface area contributed by atoms with Crippen molar-refractivity contribution in [2.75, 3.05) is 7.11 Å². The van der Waals surface area contributed by atoms with Crippen molar-refractivity contribution in [3.8, 4) is 5.75 Å². The van der Waals surface area contributed by atoms with Crippen LogP contribution in [-0.4, -0.2) is 17.9 Å². The number of nitrogens with zero attached hydrogens (tertiary/aromatic N) is 1. The zero-order valence-corrected chi connectivity index (χ0v) is 13.6. The fourth-order valence-electron chi connectivity index (χ4n) is 3.01. The largest absolute Gasteiger partial charge is 0.497 e. The Morgan fingerprint density at radius 1 is 1.13 bits per heavy atom. The van der Waals surface area contributed by atoms with Crippen molar-refractivity contribution in [2.24, 2.45) is 5.73 Å². The van der Waals surface area contributed by atoms with E-state index in [0.717, 1.165) is 16.9 Å². The number of carbonyl (C=O) groups excluding carboxylic acids is 1. The van der Waals surface area contributed by atoms with Crippen LogP contribution < -0.4 is 10.5 Å². The maximum absolute atomic E-state index is 11.9. The molecule has 23 heavy (non-hydrogen) atoms. The lowest BCUT2D eigenvalue weighted by Gasteiger charge is -2.14. The third-order valence-electron chi connectivity index (χ3n) is 4.44. The van der Waals surface area contributed by atoms with Gasteiger partial charge in [-0.05, 0) is 34.4 Å². The van der Waals surface area contributed by atoms with Gasteiger partial charge in [0.15, 0.2) is 0 Å². The van der Waals surface area contributed by atoms with E-state index in [1.165, 1.54) is 11.1 Å². The lowest BCUT2D eigenvalue weighted by molar-refractivity contribution is -0.131. The van der Waals surface area contributed by atoms with E-state index in [0.29, 0.717) is 19.5 Å². The van der Waals surface area contributed by atoms with E-state index in [1.807, 2.05) is 36.1 Å². The van der Waals surface area contributed by atoms with Crippen LogP contribution in [0.5, 0.6) is 5.75 Å². The number of rotatable bonds is 4. The van der Waals surface area contributed by atoms with Crippen molar-refractivity contribution < 1.29 is 9.53 Å². The quantitative estimate of drug-likeness (QED) is 0.944. The van der Waals surface area contributed by atoms with E-state index in [1.54, 1.807) is 7.11 Å². The van der Waals surface area contributed by atoms with Crippen LogP contribution >= 0.6 is 0 Å². The monoisotopic (exact) mass is 310 g/mol. The summed E-state index contributed by atoms with van der Waals surface area (Å²) in [5.74, 6) is 1.02. The molecular weight excluding hydrogens is 288 g/mol. The van der Waals surface area contributed by atoms with Crippen molar-refractivity contribution in [3.63, 3.8) is 0 Å². The summed E-state index contributed by atoms with van der Waals surface area (Å²) in [4.78, 5) is 13.8. The second-order valence-electron chi connectivity index (χ2n) is 5.88. The van der Waals surface area contributed by atoms with Crippen LogP contribution in [-0.2, 0) is 17.9 Å². The molecule has 1 heterocycles. The molecule has 0 aliphatic carbocycles. The van der Waals surface area contributed by atoms with Crippen molar-refractivity contribution in [1.29, 1.82) is 0 Å². The molecule has 0 fully saturated rings. The van der Waals surface area contributed by atoms with Crippen molar-refractivity contribution in [2.45, 2.75) is 32.5 Å². The lowest BCUT2D eigenvalue weighted by Crippen LogP contribution is -2.23. The van der Waals surface area contributed by atoms with Crippen LogP contribution in [0.1, 0.15) is 41.6 Å². The van der Waals surface area contributed by atoms with E-state index in [-0.39, 0.29) is 11.9 Å². The molecule has 1 amide bonds. The van der Waals surface area contributed by atoms with Crippen molar-refractivity contribution in [1.82, 2.24) is 4.90 Å². The summed E-state index contributed by atoms with van der Waals surface area (Å²) < 4.78 is 5.18. The molecule has 0 bridgehead atoms. The first kappa shape index (κ1) is 15.6. The molecular formula is C19H22N2O2. The number of hydrogen-bond donors (Lipinski definition) is 1. The first-order valence-electron chi connectivity index (χ1n) is 7.91. The minimum atomic E-state index is -0.179. The van der Waals surface area contributed by atoms with Gasteiger partial charge >= 0.3 is 0 Å². The topological polar surface area (TPSA) is 55.6 Å². The Hall–Kier alpha value is -2.33. The molecule has 1 aliphatic heterocycles. The Kier molecular flexibility index (Phi) is 4.35. The van der Waals surface area contributed by atoms with Gasteiger partial charge in [0.05, 0.1) is 13.2 Å². The maximum atomic E-state index is 11.9. The molecule has 0 saturated heterocycles. The van der Waals surface area contributed by atoms with Crippen LogP contribution in [0.2, 0.25) is 0 Å². The van der Waals surface area contributed by atoms with Gasteiger partial charge in [-0.1, -0.05) is 37.3 Å². The third kappa shape index (κ3) is 3.08. The van der Waals surface area contributed by atoms with Gasteiger partial charge in [-0.3, -0.25) is 4.79 Å². The van der Waals surface area contributed by atoms with Crippen molar-refractivity contribution >= 4 is 5.91 Å². The predicted molar refractivity (Wildman–Crippen MR) is 90.0 cm³/mol. The molecule has 0 saturated carbocycles. The Labute approximate surface area is 136 Å². The zero-order valence-electron chi connectivity index (χ0n) is 13.6. The molecule has 1 atom stereocenters. The second kappa shape index (κ2) is 6.42. The highest BCUT2D eigenvalue weighted by molar-refractivity contribution is 5.76. The summed E-state index contributed by atoms with van der Waals surface area (Å²) >= 11 is 0. The summed E-state index contributed by atoms with van der Waals surface area (Å²) in [6, 6.07) is 13.9. The SMILES string of the molecule is CCC(=O)N1Cc2ccc(C(N)c3ccc(OC)cc3)cc2C1. The van der Waals surface area contributed by atoms with Gasteiger partial charge < -0.3 is 15.4 Å². The summed E-state index contributed by atoms with van der Waals surface area (Å²) in [5.41, 5.74) is 10.9. The number of fused-ring (bicyclic) bond motifs is 1. The number of ether oxygens (including phenoxy) is 1. The summed E-state index contributed by atoms with van der Waals surface area (Å²) in [5, 5.41) is 0. The molecule has 0 aromatic heterocycles. The van der Waals surface area contributed by atoms with Gasteiger partial charge in [-0.2, -0.15) is 0 Å². The van der Waals surface area contributed by atoms with E-state index in [9.17, 15) is 4.79 Å². The molecule has 1 aliphatic rings. The average molecular weight is 310 g/mol. The number of nitrogens with two attached hydrogens (primary N) is 1. The molecule has 120 valence electrons. The average Bonchev–Trinajstić information content (AvgIpc) is 3.03. The summed E-state index contributed by atoms with van der Waals surface area (Å²) in [6.07, 6.45) is 0.548. The fourth-order valence-corrected chi connectivity index (χ4v) is 3.01. The Balaban J connectivity index is 1.81. The smallest absolute Gasteiger partial charge is 0.222 e. The van der Waals surface area contributed by atoms with E-state index >= 15 is 0 Å². The van der Waals surface area contributed by atoms with E-state index in [4.69, 9.17) is 10.5 Å². The van der Waals surface area contributed by atoms with Crippen molar-refractivity contribution in [3.05, 3.63) is 64.7 Å². The molecule has 2 N–H and O–H groups in total. The highest BCUT2D eigenvalue weighted by Gasteiger charge is 2.23. The van der Waals surface area contributed by atoms with Gasteiger partial charge in [0.1, 0.15) is 5.75 Å². The van der Waals surface area contributed by atoms with Gasteiger partial charge in [-0.25, -0.2) is 0 Å². The van der Waals surface area contributed by atoms with Crippen LogP contribution in [0.4, 0.5) is 0 Å². The highest BCUT2D eigenvalue weighted by Crippen LogP contribution is 2.28.